The molecule has 2 aromatic rings. The van der Waals surface area contributed by atoms with Crippen molar-refractivity contribution in [3.63, 3.8) is 0 Å². The summed E-state index contributed by atoms with van der Waals surface area (Å²) in [7, 11) is 1.63. The second kappa shape index (κ2) is 9.10. The third kappa shape index (κ3) is 5.15. The molecule has 2 aromatic carbocycles. The number of carbonyl (C=O) groups is 1. The molecule has 1 unspecified atom stereocenters. The average Bonchev–Trinajstić information content (AvgIpc) is 2.68. The minimum atomic E-state index is -0.475. The number of halogens is 1. The fraction of sp³-hybridized carbons (Fsp3) is 0.364. The summed E-state index contributed by atoms with van der Waals surface area (Å²) in [6.07, 6.45) is 0.712. The van der Waals surface area contributed by atoms with Gasteiger partial charge >= 0.3 is 5.97 Å². The SMILES string of the molecule is CCOC(=O)c1cc(NC(=S)NC2CC(C)(C)Oc3ccc(OC)cc32)ccc1Cl. The Labute approximate surface area is 186 Å². The van der Waals surface area contributed by atoms with Crippen LogP contribution in [-0.2, 0) is 4.74 Å². The third-order valence-electron chi connectivity index (χ3n) is 4.70. The number of esters is 1. The van der Waals surface area contributed by atoms with E-state index in [4.69, 9.17) is 38.0 Å². The van der Waals surface area contributed by atoms with Crippen LogP contribution >= 0.6 is 23.8 Å². The number of ether oxygens (including phenoxy) is 3. The first-order valence-corrected chi connectivity index (χ1v) is 10.4. The minimum absolute atomic E-state index is 0.0734. The number of thiocarbonyl (C=S) groups is 1. The van der Waals surface area contributed by atoms with E-state index < -0.39 is 5.97 Å². The summed E-state index contributed by atoms with van der Waals surface area (Å²) in [5.41, 5.74) is 1.54. The molecule has 1 atom stereocenters. The Kier molecular flexibility index (Phi) is 6.73. The van der Waals surface area contributed by atoms with Crippen LogP contribution in [0.1, 0.15) is 49.2 Å². The molecule has 8 heteroatoms. The largest absolute Gasteiger partial charge is 0.497 e. The van der Waals surface area contributed by atoms with Gasteiger partial charge in [0.2, 0.25) is 0 Å². The van der Waals surface area contributed by atoms with Gasteiger partial charge in [-0.1, -0.05) is 11.6 Å². The Morgan fingerprint density at radius 1 is 1.30 bits per heavy atom. The zero-order chi connectivity index (χ0) is 21.9. The topological polar surface area (TPSA) is 68.8 Å². The molecule has 1 aliphatic rings. The van der Waals surface area contributed by atoms with Gasteiger partial charge in [-0.25, -0.2) is 4.79 Å². The smallest absolute Gasteiger partial charge is 0.339 e. The maximum absolute atomic E-state index is 12.1. The number of hydrogen-bond acceptors (Lipinski definition) is 5. The lowest BCUT2D eigenvalue weighted by molar-refractivity contribution is 0.0526. The molecule has 0 saturated carbocycles. The highest BCUT2D eigenvalue weighted by atomic mass is 35.5. The van der Waals surface area contributed by atoms with Gasteiger partial charge < -0.3 is 24.8 Å². The Bertz CT molecular complexity index is 964. The molecule has 0 saturated heterocycles. The molecule has 0 bridgehead atoms. The summed E-state index contributed by atoms with van der Waals surface area (Å²) in [6, 6.07) is 10.7. The van der Waals surface area contributed by atoms with Crippen LogP contribution in [0.5, 0.6) is 11.5 Å². The molecule has 0 aromatic heterocycles. The maximum atomic E-state index is 12.1. The summed E-state index contributed by atoms with van der Waals surface area (Å²) in [4.78, 5) is 12.1. The highest BCUT2D eigenvalue weighted by Gasteiger charge is 2.34. The quantitative estimate of drug-likeness (QED) is 0.486. The van der Waals surface area contributed by atoms with Crippen molar-refractivity contribution in [3.8, 4) is 11.5 Å². The second-order valence-corrected chi connectivity index (χ2v) is 8.35. The van der Waals surface area contributed by atoms with E-state index in [1.165, 1.54) is 0 Å². The van der Waals surface area contributed by atoms with Gasteiger partial charge in [0.15, 0.2) is 5.11 Å². The molecule has 3 rings (SSSR count). The fourth-order valence-electron chi connectivity index (χ4n) is 3.38. The van der Waals surface area contributed by atoms with E-state index in [2.05, 4.69) is 10.6 Å². The first-order valence-electron chi connectivity index (χ1n) is 9.63. The van der Waals surface area contributed by atoms with Gasteiger partial charge in [-0.15, -0.1) is 0 Å². The van der Waals surface area contributed by atoms with Gasteiger partial charge in [0.05, 0.1) is 30.3 Å². The lowest BCUT2D eigenvalue weighted by Crippen LogP contribution is -2.42. The van der Waals surface area contributed by atoms with Crippen LogP contribution < -0.4 is 20.1 Å². The lowest BCUT2D eigenvalue weighted by Gasteiger charge is -2.38. The number of nitrogens with one attached hydrogen (secondary N) is 2. The van der Waals surface area contributed by atoms with E-state index >= 15 is 0 Å². The van der Waals surface area contributed by atoms with Gasteiger partial charge in [0.25, 0.3) is 0 Å². The monoisotopic (exact) mass is 448 g/mol. The van der Waals surface area contributed by atoms with E-state index in [0.717, 1.165) is 17.1 Å². The molecule has 2 N–H and O–H groups in total. The summed E-state index contributed by atoms with van der Waals surface area (Å²) in [6.45, 7) is 6.09. The van der Waals surface area contributed by atoms with Crippen LogP contribution in [0, 0.1) is 0 Å². The molecule has 0 fully saturated rings. The zero-order valence-corrected chi connectivity index (χ0v) is 18.9. The zero-order valence-electron chi connectivity index (χ0n) is 17.4. The summed E-state index contributed by atoms with van der Waals surface area (Å²) >= 11 is 11.7. The van der Waals surface area contributed by atoms with Crippen LogP contribution in [0.4, 0.5) is 5.69 Å². The van der Waals surface area contributed by atoms with Crippen molar-refractivity contribution in [2.75, 3.05) is 19.0 Å². The van der Waals surface area contributed by atoms with E-state index in [0.29, 0.717) is 22.2 Å². The molecular formula is C22H25ClN2O4S. The van der Waals surface area contributed by atoms with Crippen LogP contribution in [-0.4, -0.2) is 30.4 Å². The van der Waals surface area contributed by atoms with Gasteiger partial charge in [-0.05, 0) is 69.4 Å². The maximum Gasteiger partial charge on any atom is 0.339 e. The van der Waals surface area contributed by atoms with Gasteiger partial charge in [0.1, 0.15) is 17.1 Å². The normalized spacial score (nSPS) is 16.6. The Morgan fingerprint density at radius 2 is 2.07 bits per heavy atom. The average molecular weight is 449 g/mol. The van der Waals surface area contributed by atoms with Crippen molar-refractivity contribution >= 4 is 40.6 Å². The molecule has 1 aliphatic heterocycles. The van der Waals surface area contributed by atoms with Crippen molar-refractivity contribution in [2.24, 2.45) is 0 Å². The molecule has 0 radical (unpaired) electrons. The van der Waals surface area contributed by atoms with Crippen LogP contribution in [0.25, 0.3) is 0 Å². The Morgan fingerprint density at radius 3 is 2.77 bits per heavy atom. The van der Waals surface area contributed by atoms with Crippen LogP contribution in [0.3, 0.4) is 0 Å². The number of methoxy groups -OCH3 is 1. The van der Waals surface area contributed by atoms with Crippen molar-refractivity contribution in [1.29, 1.82) is 0 Å². The van der Waals surface area contributed by atoms with Crippen molar-refractivity contribution < 1.29 is 19.0 Å². The number of hydrogen-bond donors (Lipinski definition) is 2. The molecule has 6 nitrogen and oxygen atoms in total. The van der Waals surface area contributed by atoms with Gasteiger partial charge in [-0.3, -0.25) is 0 Å². The molecule has 1 heterocycles. The number of carbonyl (C=O) groups excluding carboxylic acids is 1. The molecule has 0 spiro atoms. The van der Waals surface area contributed by atoms with Crippen molar-refractivity contribution in [3.05, 3.63) is 52.5 Å². The van der Waals surface area contributed by atoms with Crippen molar-refractivity contribution in [2.45, 2.75) is 38.8 Å². The highest BCUT2D eigenvalue weighted by molar-refractivity contribution is 7.80. The number of anilines is 1. The predicted molar refractivity (Wildman–Crippen MR) is 122 cm³/mol. The number of rotatable bonds is 5. The molecule has 160 valence electrons. The van der Waals surface area contributed by atoms with E-state index in [-0.39, 0.29) is 23.8 Å². The Hall–Kier alpha value is -2.51. The second-order valence-electron chi connectivity index (χ2n) is 7.54. The minimum Gasteiger partial charge on any atom is -0.497 e. The van der Waals surface area contributed by atoms with E-state index in [1.54, 1.807) is 32.2 Å². The molecule has 30 heavy (non-hydrogen) atoms. The Balaban J connectivity index is 1.78. The standard InChI is InChI=1S/C22H25ClN2O4S/c1-5-28-20(26)15-10-13(6-8-17(15)23)24-21(30)25-18-12-22(2,3)29-19-9-7-14(27-4)11-16(18)19/h6-11,18H,5,12H2,1-4H3,(H2,24,25,30). The molecular weight excluding hydrogens is 424 g/mol. The molecule has 0 amide bonds. The first-order chi connectivity index (χ1) is 14.2. The van der Waals surface area contributed by atoms with E-state index in [1.807, 2.05) is 32.0 Å². The number of benzene rings is 2. The summed E-state index contributed by atoms with van der Waals surface area (Å²) in [5, 5.41) is 7.22. The highest BCUT2D eigenvalue weighted by Crippen LogP contribution is 2.41. The van der Waals surface area contributed by atoms with E-state index in [9.17, 15) is 4.79 Å². The fourth-order valence-corrected chi connectivity index (χ4v) is 3.84. The summed E-state index contributed by atoms with van der Waals surface area (Å²) in [5.74, 6) is 1.07. The van der Waals surface area contributed by atoms with Gasteiger partial charge in [0, 0.05) is 17.7 Å². The molecule has 0 aliphatic carbocycles. The van der Waals surface area contributed by atoms with Crippen LogP contribution in [0.15, 0.2) is 36.4 Å². The van der Waals surface area contributed by atoms with Gasteiger partial charge in [-0.2, -0.15) is 0 Å². The lowest BCUT2D eigenvalue weighted by atomic mass is 9.89. The number of fused-ring (bicyclic) bond motifs is 1. The summed E-state index contributed by atoms with van der Waals surface area (Å²) < 4.78 is 16.5. The predicted octanol–water partition coefficient (Wildman–Crippen LogP) is 5.11. The van der Waals surface area contributed by atoms with Crippen LogP contribution in [0.2, 0.25) is 5.02 Å². The first kappa shape index (κ1) is 22.2. The third-order valence-corrected chi connectivity index (χ3v) is 5.25. The van der Waals surface area contributed by atoms with Crippen molar-refractivity contribution in [1.82, 2.24) is 5.32 Å².